The van der Waals surface area contributed by atoms with Gasteiger partial charge in [-0.05, 0) is 105 Å². The Labute approximate surface area is 419 Å². The van der Waals surface area contributed by atoms with Crippen LogP contribution in [0.25, 0.3) is 0 Å². The van der Waals surface area contributed by atoms with Gasteiger partial charge in [-0.2, -0.15) is 0 Å². The highest BCUT2D eigenvalue weighted by molar-refractivity contribution is 8.76. The number of hydrogen-bond acceptors (Lipinski definition) is 15. The van der Waals surface area contributed by atoms with Crippen LogP contribution in [0.5, 0.6) is 5.75 Å². The molecule has 17 nitrogen and oxygen atoms in total. The van der Waals surface area contributed by atoms with Gasteiger partial charge in [0.2, 0.25) is 17.7 Å². The van der Waals surface area contributed by atoms with Crippen LogP contribution in [0.15, 0.2) is 59.1 Å². The molecule has 0 bridgehead atoms. The van der Waals surface area contributed by atoms with Crippen molar-refractivity contribution in [1.29, 1.82) is 0 Å². The molecule has 4 rings (SSSR count). The van der Waals surface area contributed by atoms with Gasteiger partial charge in [0, 0.05) is 47.7 Å². The zero-order valence-electron chi connectivity index (χ0n) is 41.2. The quantitative estimate of drug-likeness (QED) is 0.0173. The molecule has 1 saturated heterocycles. The van der Waals surface area contributed by atoms with E-state index in [-0.39, 0.29) is 73.2 Å². The Balaban J connectivity index is 1.44. The number of piperidine rings is 1. The number of phenols is 1. The van der Waals surface area contributed by atoms with Gasteiger partial charge in [-0.1, -0.05) is 90.3 Å². The van der Waals surface area contributed by atoms with Crippen LogP contribution < -0.4 is 21.5 Å². The summed E-state index contributed by atoms with van der Waals surface area (Å²) in [6, 6.07) is 10.0. The molecule has 5 amide bonds. The smallest absolute Gasteiger partial charge is 0.426 e. The zero-order chi connectivity index (χ0) is 50.5. The Kier molecular flexibility index (Phi) is 24.1. The van der Waals surface area contributed by atoms with Gasteiger partial charge >= 0.3 is 12.1 Å². The predicted molar refractivity (Wildman–Crippen MR) is 270 cm³/mol. The highest BCUT2D eigenvalue weighted by Gasteiger charge is 2.38. The number of carbonyl (C=O) groups excluding carboxylic acids is 6. The number of pyridine rings is 1. The lowest BCUT2D eigenvalue weighted by molar-refractivity contribution is -0.159. The molecule has 1 aromatic carbocycles. The lowest BCUT2D eigenvalue weighted by Crippen LogP contribution is -2.59. The number of aromatic hydroxyl groups is 1. The lowest BCUT2D eigenvalue weighted by Gasteiger charge is -2.39. The Morgan fingerprint density at radius 3 is 2.38 bits per heavy atom. The third-order valence-electron chi connectivity index (χ3n) is 12.2. The number of nitrogens with zero attached hydrogens (tertiary/aromatic N) is 4. The number of amides is 5. The number of nitrogens with one attached hydrogen (secondary N) is 4. The number of likely N-dealkylation sites (tertiary alicyclic amines) is 1. The summed E-state index contributed by atoms with van der Waals surface area (Å²) in [4.78, 5) is 93.3. The van der Waals surface area contributed by atoms with Crippen molar-refractivity contribution < 1.29 is 43.3 Å². The first kappa shape index (κ1) is 56.7. The Hall–Kier alpha value is -4.92. The number of benzene rings is 1. The molecule has 0 radical (unpaired) electrons. The summed E-state index contributed by atoms with van der Waals surface area (Å²) in [5, 5.41) is 19.2. The van der Waals surface area contributed by atoms with Crippen LogP contribution in [0, 0.1) is 17.8 Å². The highest BCUT2D eigenvalue weighted by Crippen LogP contribution is 2.31. The molecule has 5 N–H and O–H groups in total. The standard InChI is InChI=1S/C49H72N8O9S3/c1-9-15-42(59)66-30-57(48(63)43(32(5)10-2)53-46(62)39-16-12-14-23-56(39)8)40(31(3)4)27-34(7)47-52-38(29-67-47)45(61)51-36(28-35-18-20-37(58)21-19-35)26-33(6)44(60)54-55-49(64)65-24-25-68-69-41-17-11-13-22-50-41/h11,13,17-22,29,31-34,36,39-40,43,58H,9-10,12,14-16,23-28,30H2,1-8H3,(H,51,61)(H,53,62)(H,54,60)(H,55,64)/t32?,33-,34+,36+,39+,40+,43-/m0/s1. The monoisotopic (exact) mass is 1010 g/mol. The van der Waals surface area contributed by atoms with E-state index in [0.29, 0.717) is 42.9 Å². The van der Waals surface area contributed by atoms with Crippen molar-refractivity contribution in [1.82, 2.24) is 41.3 Å². The fraction of sp³-hybridized carbons (Fsp3) is 0.592. The molecule has 1 aliphatic heterocycles. The number of carbonyl (C=O) groups is 6. The molecule has 7 atom stereocenters. The Morgan fingerprint density at radius 1 is 0.957 bits per heavy atom. The molecule has 2 aromatic heterocycles. The van der Waals surface area contributed by atoms with Crippen LogP contribution in [0.1, 0.15) is 127 Å². The second kappa shape index (κ2) is 29.3. The van der Waals surface area contributed by atoms with Crippen molar-refractivity contribution in [3.05, 3.63) is 70.3 Å². The predicted octanol–water partition coefficient (Wildman–Crippen LogP) is 7.47. The Bertz CT molecular complexity index is 2100. The topological polar surface area (TPSA) is 221 Å². The van der Waals surface area contributed by atoms with Crippen LogP contribution in [-0.4, -0.2) is 117 Å². The minimum absolute atomic E-state index is 0.0890. The van der Waals surface area contributed by atoms with Gasteiger partial charge in [-0.3, -0.25) is 34.3 Å². The van der Waals surface area contributed by atoms with Crippen molar-refractivity contribution in [3.63, 3.8) is 0 Å². The number of hydrazine groups is 1. The van der Waals surface area contributed by atoms with Crippen LogP contribution in [0.2, 0.25) is 0 Å². The van der Waals surface area contributed by atoms with Crippen LogP contribution in [-0.2, 0) is 35.1 Å². The molecule has 0 aliphatic carbocycles. The number of thiazole rings is 1. The van der Waals surface area contributed by atoms with Crippen molar-refractivity contribution in [2.45, 2.75) is 141 Å². The van der Waals surface area contributed by atoms with E-state index in [1.807, 2.05) is 71.7 Å². The third kappa shape index (κ3) is 18.7. The van der Waals surface area contributed by atoms with Gasteiger partial charge in [0.1, 0.15) is 29.1 Å². The minimum atomic E-state index is -0.840. The van der Waals surface area contributed by atoms with E-state index in [2.05, 4.69) is 26.5 Å². The fourth-order valence-electron chi connectivity index (χ4n) is 7.94. The first-order valence-corrected chi connectivity index (χ1v) is 27.1. The average Bonchev–Trinajstić information content (AvgIpc) is 3.84. The molecule has 69 heavy (non-hydrogen) atoms. The first-order valence-electron chi connectivity index (χ1n) is 23.9. The van der Waals surface area contributed by atoms with Crippen LogP contribution in [0.4, 0.5) is 4.79 Å². The van der Waals surface area contributed by atoms with Crippen LogP contribution >= 0.6 is 32.9 Å². The van der Waals surface area contributed by atoms with Crippen molar-refractivity contribution in [2.24, 2.45) is 17.8 Å². The summed E-state index contributed by atoms with van der Waals surface area (Å²) < 4.78 is 10.9. The number of phenolic OH excluding ortho intramolecular Hbond substituents is 1. The molecule has 0 saturated carbocycles. The first-order chi connectivity index (χ1) is 33.0. The number of ether oxygens (including phenoxy) is 2. The SMILES string of the molecule is CCCC(=O)OCN(C(=O)[C@@H](NC(=O)[C@H]1CCCCN1C)C(C)CC)[C@H](C[C@@H](C)c1nc(C(=O)N[C@@H](Cc2ccc(O)cc2)C[C@H](C)C(=O)NNC(=O)OCCSSc2ccccn2)cs1)C(C)C. The van der Waals surface area contributed by atoms with Gasteiger partial charge < -0.3 is 30.1 Å². The zero-order valence-corrected chi connectivity index (χ0v) is 43.7. The number of esters is 1. The summed E-state index contributed by atoms with van der Waals surface area (Å²) in [7, 11) is 4.87. The van der Waals surface area contributed by atoms with E-state index < -0.39 is 47.9 Å². The molecular weight excluding hydrogens is 941 g/mol. The second-order valence-corrected chi connectivity index (χ2v) is 21.4. The maximum atomic E-state index is 14.8. The van der Waals surface area contributed by atoms with Crippen molar-refractivity contribution in [2.75, 3.05) is 32.7 Å². The summed E-state index contributed by atoms with van der Waals surface area (Å²) in [6.07, 6.45) is 5.94. The molecule has 0 spiro atoms. The minimum Gasteiger partial charge on any atom is -0.508 e. The van der Waals surface area contributed by atoms with E-state index in [1.165, 1.54) is 32.9 Å². The Morgan fingerprint density at radius 2 is 1.71 bits per heavy atom. The second-order valence-electron chi connectivity index (χ2n) is 18.1. The highest BCUT2D eigenvalue weighted by atomic mass is 33.1. The third-order valence-corrected chi connectivity index (χ3v) is 15.5. The van der Waals surface area contributed by atoms with Gasteiger partial charge in [0.25, 0.3) is 5.91 Å². The molecule has 20 heteroatoms. The molecule has 1 aliphatic rings. The molecular formula is C49H72N8O9S3. The van der Waals surface area contributed by atoms with Crippen LogP contribution in [0.3, 0.4) is 0 Å². The van der Waals surface area contributed by atoms with Crippen molar-refractivity contribution >= 4 is 68.6 Å². The maximum absolute atomic E-state index is 14.8. The number of aromatic nitrogens is 2. The van der Waals surface area contributed by atoms with E-state index in [9.17, 15) is 33.9 Å². The molecule has 1 fully saturated rings. The van der Waals surface area contributed by atoms with Crippen molar-refractivity contribution in [3.8, 4) is 5.75 Å². The molecule has 380 valence electrons. The van der Waals surface area contributed by atoms with E-state index in [4.69, 9.17) is 14.5 Å². The molecule has 1 unspecified atom stereocenters. The number of rotatable bonds is 26. The molecule has 3 aromatic rings. The summed E-state index contributed by atoms with van der Waals surface area (Å²) in [5.74, 6) is -2.43. The maximum Gasteiger partial charge on any atom is 0.426 e. The van der Waals surface area contributed by atoms with Gasteiger partial charge in [0.15, 0.2) is 6.73 Å². The van der Waals surface area contributed by atoms with Gasteiger partial charge in [-0.15, -0.1) is 11.3 Å². The normalized spacial score (nSPS) is 16.5. The van der Waals surface area contributed by atoms with Gasteiger partial charge in [-0.25, -0.2) is 20.2 Å². The number of hydrogen-bond donors (Lipinski definition) is 5. The van der Waals surface area contributed by atoms with E-state index in [0.717, 1.165) is 30.0 Å². The van der Waals surface area contributed by atoms with E-state index >= 15 is 0 Å². The van der Waals surface area contributed by atoms with E-state index in [1.54, 1.807) is 47.7 Å². The summed E-state index contributed by atoms with van der Waals surface area (Å²) in [6.45, 7) is 14.1. The molecule has 3 heterocycles. The largest absolute Gasteiger partial charge is 0.508 e. The summed E-state index contributed by atoms with van der Waals surface area (Å²) >= 11 is 1.32. The summed E-state index contributed by atoms with van der Waals surface area (Å²) in [5.41, 5.74) is 5.70. The lowest BCUT2D eigenvalue weighted by atomic mass is 9.90. The fourth-order valence-corrected chi connectivity index (χ4v) is 10.5. The number of likely N-dealkylation sites (N-methyl/N-ethyl adjacent to an activating group) is 1. The average molecular weight is 1010 g/mol. The van der Waals surface area contributed by atoms with Gasteiger partial charge in [0.05, 0.1) is 11.0 Å².